The Morgan fingerprint density at radius 3 is 2.23 bits per heavy atom. The van der Waals surface area contributed by atoms with Crippen LogP contribution in [0.25, 0.3) is 0 Å². The number of ether oxygens (including phenoxy) is 3. The third-order valence-electron chi connectivity index (χ3n) is 3.58. The lowest BCUT2D eigenvalue weighted by Crippen LogP contribution is -2.17. The number of hydrogen-bond donors (Lipinski definition) is 0. The number of benzene rings is 2. The average Bonchev–Trinajstić information content (AvgIpc) is 2.59. The molecule has 0 saturated carbocycles. The van der Waals surface area contributed by atoms with Gasteiger partial charge >= 0.3 is 5.97 Å². The van der Waals surface area contributed by atoms with E-state index in [-0.39, 0.29) is 11.9 Å². The number of rotatable bonds is 6. The molecular formula is C18H20O4. The molecule has 0 saturated heterocycles. The molecule has 0 bridgehead atoms. The molecule has 1 unspecified atom stereocenters. The molecule has 4 nitrogen and oxygen atoms in total. The predicted octanol–water partition coefficient (Wildman–Crippen LogP) is 3.20. The highest BCUT2D eigenvalue weighted by Gasteiger charge is 2.23. The third-order valence-corrected chi connectivity index (χ3v) is 3.58. The fourth-order valence-corrected chi connectivity index (χ4v) is 2.40. The molecular weight excluding hydrogens is 280 g/mol. The number of carbonyl (C=O) groups excluding carboxylic acids is 1. The topological polar surface area (TPSA) is 44.8 Å². The number of methoxy groups -OCH3 is 3. The molecule has 0 aliphatic rings. The van der Waals surface area contributed by atoms with Crippen molar-refractivity contribution < 1.29 is 19.0 Å². The molecule has 1 atom stereocenters. The van der Waals surface area contributed by atoms with Gasteiger partial charge in [-0.3, -0.25) is 4.79 Å². The molecule has 0 aromatic heterocycles. The summed E-state index contributed by atoms with van der Waals surface area (Å²) in [6, 6.07) is 15.3. The molecule has 22 heavy (non-hydrogen) atoms. The van der Waals surface area contributed by atoms with Gasteiger partial charge in [-0.25, -0.2) is 0 Å². The van der Waals surface area contributed by atoms with Crippen LogP contribution in [0.15, 0.2) is 48.5 Å². The lowest BCUT2D eigenvalue weighted by atomic mass is 9.91. The molecule has 2 aromatic carbocycles. The molecule has 0 aliphatic carbocycles. The maximum atomic E-state index is 12.2. The fourth-order valence-electron chi connectivity index (χ4n) is 2.40. The third kappa shape index (κ3) is 3.58. The summed E-state index contributed by atoms with van der Waals surface area (Å²) < 4.78 is 15.5. The van der Waals surface area contributed by atoms with E-state index in [2.05, 4.69) is 0 Å². The second-order valence-corrected chi connectivity index (χ2v) is 4.88. The van der Waals surface area contributed by atoms with Crippen LogP contribution >= 0.6 is 0 Å². The molecule has 0 fully saturated rings. The lowest BCUT2D eigenvalue weighted by molar-refractivity contribution is -0.142. The first-order valence-corrected chi connectivity index (χ1v) is 7.03. The second kappa shape index (κ2) is 7.50. The Kier molecular flexibility index (Phi) is 5.42. The van der Waals surface area contributed by atoms with Crippen molar-refractivity contribution in [3.63, 3.8) is 0 Å². The monoisotopic (exact) mass is 300 g/mol. The number of carbonyl (C=O) groups is 1. The minimum Gasteiger partial charge on any atom is -0.493 e. The van der Waals surface area contributed by atoms with Gasteiger partial charge in [-0.05, 0) is 29.7 Å². The van der Waals surface area contributed by atoms with E-state index >= 15 is 0 Å². The second-order valence-electron chi connectivity index (χ2n) is 4.88. The summed E-state index contributed by atoms with van der Waals surface area (Å²) in [5.74, 6) is 0.583. The Hall–Kier alpha value is -2.49. The zero-order valence-electron chi connectivity index (χ0n) is 13.0. The quantitative estimate of drug-likeness (QED) is 0.769. The van der Waals surface area contributed by atoms with Crippen molar-refractivity contribution in [2.24, 2.45) is 0 Å². The van der Waals surface area contributed by atoms with Gasteiger partial charge < -0.3 is 14.2 Å². The Balaban J connectivity index is 2.35. The molecule has 2 rings (SSSR count). The van der Waals surface area contributed by atoms with E-state index in [9.17, 15) is 4.79 Å². The zero-order valence-corrected chi connectivity index (χ0v) is 13.0. The molecule has 116 valence electrons. The first-order valence-electron chi connectivity index (χ1n) is 7.03. The van der Waals surface area contributed by atoms with Gasteiger partial charge in [-0.1, -0.05) is 36.4 Å². The summed E-state index contributed by atoms with van der Waals surface area (Å²) in [4.78, 5) is 12.2. The highest BCUT2D eigenvalue weighted by atomic mass is 16.5. The van der Waals surface area contributed by atoms with Gasteiger partial charge in [-0.2, -0.15) is 0 Å². The average molecular weight is 300 g/mol. The van der Waals surface area contributed by atoms with Crippen LogP contribution in [0.4, 0.5) is 0 Å². The molecule has 0 N–H and O–H groups in total. The fraction of sp³-hybridized carbons (Fsp3) is 0.278. The van der Waals surface area contributed by atoms with Crippen molar-refractivity contribution in [1.29, 1.82) is 0 Å². The predicted molar refractivity (Wildman–Crippen MR) is 84.4 cm³/mol. The Labute approximate surface area is 130 Å². The van der Waals surface area contributed by atoms with Crippen molar-refractivity contribution in [1.82, 2.24) is 0 Å². The van der Waals surface area contributed by atoms with Crippen LogP contribution in [-0.2, 0) is 16.0 Å². The molecule has 0 radical (unpaired) electrons. The van der Waals surface area contributed by atoms with Gasteiger partial charge in [-0.15, -0.1) is 0 Å². The molecule has 0 heterocycles. The van der Waals surface area contributed by atoms with Gasteiger partial charge in [0, 0.05) is 0 Å². The Morgan fingerprint density at radius 2 is 1.64 bits per heavy atom. The van der Waals surface area contributed by atoms with Crippen LogP contribution in [0.5, 0.6) is 11.5 Å². The van der Waals surface area contributed by atoms with Crippen LogP contribution in [0.1, 0.15) is 17.0 Å². The Bertz CT molecular complexity index is 622. The first-order chi connectivity index (χ1) is 10.7. The molecule has 0 aliphatic heterocycles. The van der Waals surface area contributed by atoms with E-state index in [0.29, 0.717) is 17.9 Å². The van der Waals surface area contributed by atoms with Crippen LogP contribution in [0, 0.1) is 0 Å². The van der Waals surface area contributed by atoms with Crippen molar-refractivity contribution in [3.05, 3.63) is 59.7 Å². The highest BCUT2D eigenvalue weighted by molar-refractivity contribution is 5.78. The van der Waals surface area contributed by atoms with Crippen molar-refractivity contribution in [2.75, 3.05) is 21.3 Å². The molecule has 4 heteroatoms. The standard InChI is InChI=1S/C18H20O4/c1-20-16-10-9-14(12-17(16)21-2)15(18(19)22-3)11-13-7-5-4-6-8-13/h4-10,12,15H,11H2,1-3H3. The van der Waals surface area contributed by atoms with Crippen LogP contribution in [0.3, 0.4) is 0 Å². The summed E-state index contributed by atoms with van der Waals surface area (Å²) in [7, 11) is 4.56. The largest absolute Gasteiger partial charge is 0.493 e. The van der Waals surface area contributed by atoms with Gasteiger partial charge in [0.1, 0.15) is 0 Å². The summed E-state index contributed by atoms with van der Waals surface area (Å²) in [6.45, 7) is 0. The maximum absolute atomic E-state index is 12.2. The molecule has 0 amide bonds. The van der Waals surface area contributed by atoms with E-state index < -0.39 is 0 Å². The van der Waals surface area contributed by atoms with E-state index in [4.69, 9.17) is 14.2 Å². The van der Waals surface area contributed by atoms with Crippen molar-refractivity contribution in [3.8, 4) is 11.5 Å². The maximum Gasteiger partial charge on any atom is 0.313 e. The minimum atomic E-state index is -0.382. The van der Waals surface area contributed by atoms with Crippen molar-refractivity contribution in [2.45, 2.75) is 12.3 Å². The highest BCUT2D eigenvalue weighted by Crippen LogP contribution is 2.32. The summed E-state index contributed by atoms with van der Waals surface area (Å²) >= 11 is 0. The number of esters is 1. The van der Waals surface area contributed by atoms with E-state index in [1.54, 1.807) is 20.3 Å². The first kappa shape index (κ1) is 15.9. The van der Waals surface area contributed by atoms with E-state index in [1.165, 1.54) is 7.11 Å². The smallest absolute Gasteiger partial charge is 0.313 e. The zero-order chi connectivity index (χ0) is 15.9. The van der Waals surface area contributed by atoms with E-state index in [0.717, 1.165) is 11.1 Å². The van der Waals surface area contributed by atoms with Crippen LogP contribution < -0.4 is 9.47 Å². The lowest BCUT2D eigenvalue weighted by Gasteiger charge is -2.17. The molecule has 0 spiro atoms. The molecule has 2 aromatic rings. The summed E-state index contributed by atoms with van der Waals surface area (Å²) in [5.41, 5.74) is 1.92. The van der Waals surface area contributed by atoms with Gasteiger partial charge in [0.05, 0.1) is 27.2 Å². The van der Waals surface area contributed by atoms with Gasteiger partial charge in [0.15, 0.2) is 11.5 Å². The van der Waals surface area contributed by atoms with E-state index in [1.807, 2.05) is 42.5 Å². The van der Waals surface area contributed by atoms with Crippen LogP contribution in [0.2, 0.25) is 0 Å². The summed E-state index contributed by atoms with van der Waals surface area (Å²) in [6.07, 6.45) is 0.572. The van der Waals surface area contributed by atoms with Crippen molar-refractivity contribution >= 4 is 5.97 Å². The minimum absolute atomic E-state index is 0.268. The van der Waals surface area contributed by atoms with Gasteiger partial charge in [0.25, 0.3) is 0 Å². The van der Waals surface area contributed by atoms with Crippen LogP contribution in [-0.4, -0.2) is 27.3 Å². The van der Waals surface area contributed by atoms with Gasteiger partial charge in [0.2, 0.25) is 0 Å². The number of hydrogen-bond acceptors (Lipinski definition) is 4. The Morgan fingerprint density at radius 1 is 0.955 bits per heavy atom. The normalized spacial score (nSPS) is 11.6. The SMILES string of the molecule is COC(=O)C(Cc1ccccc1)c1ccc(OC)c(OC)c1. The summed E-state index contributed by atoms with van der Waals surface area (Å²) in [5, 5.41) is 0.